The number of nitriles is 1. The molecule has 3 aromatic heterocycles. The highest BCUT2D eigenvalue weighted by Crippen LogP contribution is 2.36. The van der Waals surface area contributed by atoms with Crippen LogP contribution in [0.1, 0.15) is 29.7 Å². The molecule has 0 spiro atoms. The normalized spacial score (nSPS) is 14.6. The topological polar surface area (TPSA) is 73.4 Å². The van der Waals surface area contributed by atoms with E-state index < -0.39 is 0 Å². The van der Waals surface area contributed by atoms with Gasteiger partial charge < -0.3 is 9.80 Å². The lowest BCUT2D eigenvalue weighted by molar-refractivity contribution is 0.249. The predicted octanol–water partition coefficient (Wildman–Crippen LogP) is 4.48. The first-order valence-corrected chi connectivity index (χ1v) is 11.7. The van der Waals surface area contributed by atoms with Crippen LogP contribution in [0.4, 0.5) is 5.82 Å². The van der Waals surface area contributed by atoms with Crippen molar-refractivity contribution in [3.8, 4) is 28.6 Å². The number of imidazole rings is 1. The number of benzene rings is 1. The lowest BCUT2D eigenvalue weighted by Crippen LogP contribution is -2.42. The maximum atomic E-state index is 9.28. The zero-order valence-electron chi connectivity index (χ0n) is 20.2. The van der Waals surface area contributed by atoms with Crippen LogP contribution in [0.25, 0.3) is 28.2 Å². The van der Waals surface area contributed by atoms with E-state index in [-0.39, 0.29) is 0 Å². The number of hydrogen-bond donors (Lipinski definition) is 0. The van der Waals surface area contributed by atoms with Crippen LogP contribution >= 0.6 is 0 Å². The molecule has 5 rings (SSSR count). The highest BCUT2D eigenvalue weighted by molar-refractivity contribution is 5.84. The average molecular weight is 452 g/mol. The molecule has 0 aliphatic carbocycles. The second-order valence-corrected chi connectivity index (χ2v) is 9.25. The lowest BCUT2D eigenvalue weighted by atomic mass is 10.0. The van der Waals surface area contributed by atoms with Crippen molar-refractivity contribution in [3.63, 3.8) is 0 Å². The van der Waals surface area contributed by atoms with Crippen LogP contribution < -0.4 is 4.90 Å². The molecule has 172 valence electrons. The molecule has 1 aromatic carbocycles. The summed E-state index contributed by atoms with van der Waals surface area (Å²) >= 11 is 0. The first kappa shape index (κ1) is 22.1. The molecule has 7 heteroatoms. The maximum Gasteiger partial charge on any atom is 0.180 e. The van der Waals surface area contributed by atoms with Gasteiger partial charge in [-0.2, -0.15) is 5.26 Å². The lowest BCUT2D eigenvalue weighted by Gasteiger charge is -2.36. The van der Waals surface area contributed by atoms with Gasteiger partial charge in [0.2, 0.25) is 0 Å². The van der Waals surface area contributed by atoms with Crippen LogP contribution in [0.5, 0.6) is 0 Å². The number of rotatable bonds is 4. The zero-order valence-corrected chi connectivity index (χ0v) is 20.2. The third-order valence-electron chi connectivity index (χ3n) is 6.92. The van der Waals surface area contributed by atoms with Gasteiger partial charge >= 0.3 is 0 Å². The van der Waals surface area contributed by atoms with Crippen molar-refractivity contribution in [3.05, 3.63) is 65.7 Å². The second kappa shape index (κ2) is 8.88. The summed E-state index contributed by atoms with van der Waals surface area (Å²) in [6.07, 6.45) is 7.94. The Bertz CT molecular complexity index is 1370. The van der Waals surface area contributed by atoms with Crippen molar-refractivity contribution >= 4 is 11.5 Å². The molecule has 0 saturated carbocycles. The molecule has 0 radical (unpaired) electrons. The largest absolute Gasteiger partial charge is 0.353 e. The van der Waals surface area contributed by atoms with Crippen LogP contribution in [-0.2, 0) is 0 Å². The fourth-order valence-corrected chi connectivity index (χ4v) is 4.73. The van der Waals surface area contributed by atoms with Crippen LogP contribution in [0.15, 0.2) is 48.9 Å². The van der Waals surface area contributed by atoms with Gasteiger partial charge in [0, 0.05) is 54.5 Å². The molecule has 0 N–H and O–H groups in total. The Labute approximate surface area is 200 Å². The van der Waals surface area contributed by atoms with E-state index in [1.807, 2.05) is 49.8 Å². The number of fused-ring (bicyclic) bond motifs is 1. The third kappa shape index (κ3) is 3.91. The van der Waals surface area contributed by atoms with Gasteiger partial charge in [0.05, 0.1) is 23.0 Å². The van der Waals surface area contributed by atoms with Crippen LogP contribution in [-0.4, -0.2) is 57.5 Å². The van der Waals surface area contributed by atoms with E-state index in [0.717, 1.165) is 71.2 Å². The number of pyridine rings is 1. The quantitative estimate of drug-likeness (QED) is 0.456. The Morgan fingerprint density at radius 2 is 1.76 bits per heavy atom. The third-order valence-corrected chi connectivity index (χ3v) is 6.92. The minimum atomic E-state index is 0.589. The molecular formula is C27H29N7. The molecule has 1 aliphatic rings. The minimum absolute atomic E-state index is 0.589. The van der Waals surface area contributed by atoms with Crippen LogP contribution in [0.2, 0.25) is 0 Å². The van der Waals surface area contributed by atoms with Crippen molar-refractivity contribution in [1.29, 1.82) is 5.26 Å². The highest BCUT2D eigenvalue weighted by atomic mass is 15.2. The SMILES string of the molecule is Cc1cc(-c2c(-c3ccc(C#N)cc3)nc(N3CCC(N(C)C)CC3)c3nccn23)cnc1C. The molecule has 0 amide bonds. The maximum absolute atomic E-state index is 9.28. The Hall–Kier alpha value is -3.76. The molecule has 0 atom stereocenters. The van der Waals surface area contributed by atoms with Crippen LogP contribution in [0.3, 0.4) is 0 Å². The van der Waals surface area contributed by atoms with Crippen molar-refractivity contribution in [1.82, 2.24) is 24.3 Å². The number of nitrogens with zero attached hydrogens (tertiary/aromatic N) is 7. The van der Waals surface area contributed by atoms with E-state index in [4.69, 9.17) is 9.97 Å². The van der Waals surface area contributed by atoms with E-state index in [2.05, 4.69) is 52.3 Å². The summed E-state index contributed by atoms with van der Waals surface area (Å²) in [6, 6.07) is 12.6. The Kier molecular flexibility index (Phi) is 5.76. The summed E-state index contributed by atoms with van der Waals surface area (Å²) < 4.78 is 2.14. The molecular weight excluding hydrogens is 422 g/mol. The number of hydrogen-bond acceptors (Lipinski definition) is 6. The van der Waals surface area contributed by atoms with E-state index in [1.165, 1.54) is 0 Å². The van der Waals surface area contributed by atoms with Gasteiger partial charge in [-0.3, -0.25) is 9.38 Å². The van der Waals surface area contributed by atoms with Gasteiger partial charge in [-0.05, 0) is 64.5 Å². The molecule has 1 saturated heterocycles. The van der Waals surface area contributed by atoms with Gasteiger partial charge in [-0.1, -0.05) is 12.1 Å². The number of anilines is 1. The van der Waals surface area contributed by atoms with E-state index in [9.17, 15) is 5.26 Å². The summed E-state index contributed by atoms with van der Waals surface area (Å²) in [4.78, 5) is 19.3. The Balaban J connectivity index is 1.70. The smallest absolute Gasteiger partial charge is 0.180 e. The highest BCUT2D eigenvalue weighted by Gasteiger charge is 2.26. The number of piperidine rings is 1. The number of aryl methyl sites for hydroxylation is 2. The summed E-state index contributed by atoms with van der Waals surface area (Å²) in [5.74, 6) is 0.905. The van der Waals surface area contributed by atoms with E-state index in [0.29, 0.717) is 11.6 Å². The average Bonchev–Trinajstić information content (AvgIpc) is 3.35. The summed E-state index contributed by atoms with van der Waals surface area (Å²) in [5, 5.41) is 9.28. The van der Waals surface area contributed by atoms with Gasteiger partial charge in [-0.15, -0.1) is 0 Å². The fourth-order valence-electron chi connectivity index (χ4n) is 4.73. The van der Waals surface area contributed by atoms with Crippen LogP contribution in [0, 0.1) is 25.2 Å². The molecule has 4 aromatic rings. The first-order chi connectivity index (χ1) is 16.5. The van der Waals surface area contributed by atoms with Crippen molar-refractivity contribution in [2.75, 3.05) is 32.1 Å². The summed E-state index contributed by atoms with van der Waals surface area (Å²) in [6.45, 7) is 5.98. The molecule has 4 heterocycles. The van der Waals surface area contributed by atoms with Crippen molar-refractivity contribution in [2.24, 2.45) is 0 Å². The Morgan fingerprint density at radius 1 is 1.03 bits per heavy atom. The van der Waals surface area contributed by atoms with Crippen molar-refractivity contribution in [2.45, 2.75) is 32.7 Å². The second-order valence-electron chi connectivity index (χ2n) is 9.25. The Morgan fingerprint density at radius 3 is 2.41 bits per heavy atom. The van der Waals surface area contributed by atoms with Crippen molar-refractivity contribution < 1.29 is 0 Å². The van der Waals surface area contributed by atoms with Gasteiger partial charge in [0.1, 0.15) is 0 Å². The monoisotopic (exact) mass is 451 g/mol. The van der Waals surface area contributed by atoms with Gasteiger partial charge in [-0.25, -0.2) is 9.97 Å². The predicted molar refractivity (Wildman–Crippen MR) is 135 cm³/mol. The molecule has 7 nitrogen and oxygen atoms in total. The first-order valence-electron chi connectivity index (χ1n) is 11.7. The standard InChI is InChI=1S/C27H29N7/c1-18-15-22(17-30-19(18)2)25-24(21-7-5-20(16-28)6-8-21)31-27(26-29-11-14-34(25)26)33-12-9-23(10-13-33)32(3)4/h5-8,11,14-15,17,23H,9-10,12-13H2,1-4H3. The number of aromatic nitrogens is 4. The minimum Gasteiger partial charge on any atom is -0.353 e. The summed E-state index contributed by atoms with van der Waals surface area (Å²) in [7, 11) is 4.31. The van der Waals surface area contributed by atoms with E-state index >= 15 is 0 Å². The summed E-state index contributed by atoms with van der Waals surface area (Å²) in [5.41, 5.74) is 7.42. The zero-order chi connectivity index (χ0) is 23.8. The molecule has 1 fully saturated rings. The molecule has 34 heavy (non-hydrogen) atoms. The fraction of sp³-hybridized carbons (Fsp3) is 0.333. The molecule has 0 unspecified atom stereocenters. The van der Waals surface area contributed by atoms with Gasteiger partial charge in [0.15, 0.2) is 11.5 Å². The van der Waals surface area contributed by atoms with E-state index in [1.54, 1.807) is 0 Å². The molecule has 1 aliphatic heterocycles. The van der Waals surface area contributed by atoms with Gasteiger partial charge in [0.25, 0.3) is 0 Å². The molecule has 0 bridgehead atoms.